The predicted molar refractivity (Wildman–Crippen MR) is 101 cm³/mol. The van der Waals surface area contributed by atoms with E-state index in [0.29, 0.717) is 22.4 Å². The molecule has 0 radical (unpaired) electrons. The summed E-state index contributed by atoms with van der Waals surface area (Å²) in [5.74, 6) is -3.04. The lowest BCUT2D eigenvalue weighted by molar-refractivity contribution is -0.162. The molecule has 0 aromatic heterocycles. The highest BCUT2D eigenvalue weighted by atomic mass is 79.9. The Morgan fingerprint density at radius 2 is 1.77 bits per heavy atom. The summed E-state index contributed by atoms with van der Waals surface area (Å²) in [6.45, 7) is 5.41. The molecule has 26 heavy (non-hydrogen) atoms. The van der Waals surface area contributed by atoms with Gasteiger partial charge in [-0.05, 0) is 50.1 Å². The fraction of sp³-hybridized carbons (Fsp3) is 0.300. The van der Waals surface area contributed by atoms with Crippen LogP contribution in [0.15, 0.2) is 53.0 Å². The number of hydrogen-bond acceptors (Lipinski definition) is 4. The quantitative estimate of drug-likeness (QED) is 0.548. The van der Waals surface area contributed by atoms with Crippen molar-refractivity contribution in [3.8, 4) is 5.75 Å². The standard InChI is InChI=1S/C20H21BrO5/c1-20(2,3)26-19(24)17(18(22)23)14-9-15(21)11-16(10-14)25-12-13-7-5-4-6-8-13/h4-11,17H,12H2,1-3H3,(H,22,23). The maximum atomic E-state index is 12.3. The van der Waals surface area contributed by atoms with Crippen molar-refractivity contribution in [2.75, 3.05) is 0 Å². The Kier molecular flexibility index (Phi) is 6.42. The normalized spacial score (nSPS) is 12.3. The van der Waals surface area contributed by atoms with Gasteiger partial charge >= 0.3 is 11.9 Å². The molecule has 0 fully saturated rings. The Labute approximate surface area is 161 Å². The number of aliphatic carboxylic acids is 1. The van der Waals surface area contributed by atoms with Crippen molar-refractivity contribution in [2.45, 2.75) is 38.9 Å². The number of carbonyl (C=O) groups is 2. The van der Waals surface area contributed by atoms with Crippen molar-refractivity contribution in [1.82, 2.24) is 0 Å². The van der Waals surface area contributed by atoms with Crippen LogP contribution in [0, 0.1) is 0 Å². The minimum Gasteiger partial charge on any atom is -0.489 e. The van der Waals surface area contributed by atoms with Gasteiger partial charge in [0.15, 0.2) is 5.92 Å². The van der Waals surface area contributed by atoms with Crippen molar-refractivity contribution in [3.05, 3.63) is 64.1 Å². The lowest BCUT2D eigenvalue weighted by Gasteiger charge is -2.22. The number of rotatable bonds is 6. The van der Waals surface area contributed by atoms with Crippen LogP contribution in [0.4, 0.5) is 0 Å². The highest BCUT2D eigenvalue weighted by Gasteiger charge is 2.33. The number of benzene rings is 2. The van der Waals surface area contributed by atoms with E-state index in [1.165, 1.54) is 0 Å². The van der Waals surface area contributed by atoms with Crippen molar-refractivity contribution in [2.24, 2.45) is 0 Å². The summed E-state index contributed by atoms with van der Waals surface area (Å²) in [6.07, 6.45) is 0. The van der Waals surface area contributed by atoms with Gasteiger partial charge in [0.05, 0.1) is 0 Å². The molecule has 0 spiro atoms. The summed E-state index contributed by atoms with van der Waals surface area (Å²) in [4.78, 5) is 24.0. The van der Waals surface area contributed by atoms with Gasteiger partial charge in [-0.3, -0.25) is 9.59 Å². The molecule has 2 aromatic rings. The monoisotopic (exact) mass is 420 g/mol. The van der Waals surface area contributed by atoms with E-state index < -0.39 is 23.5 Å². The van der Waals surface area contributed by atoms with E-state index >= 15 is 0 Å². The molecule has 2 aromatic carbocycles. The zero-order valence-corrected chi connectivity index (χ0v) is 16.4. The highest BCUT2D eigenvalue weighted by molar-refractivity contribution is 9.10. The zero-order valence-electron chi connectivity index (χ0n) is 14.9. The number of halogens is 1. The van der Waals surface area contributed by atoms with E-state index in [1.807, 2.05) is 30.3 Å². The second-order valence-corrected chi connectivity index (χ2v) is 7.71. The zero-order chi connectivity index (χ0) is 19.3. The van der Waals surface area contributed by atoms with Crippen molar-refractivity contribution in [3.63, 3.8) is 0 Å². The molecule has 0 aliphatic rings. The molecule has 0 aliphatic carbocycles. The van der Waals surface area contributed by atoms with Crippen LogP contribution in [0.2, 0.25) is 0 Å². The molecule has 1 N–H and O–H groups in total. The highest BCUT2D eigenvalue weighted by Crippen LogP contribution is 2.29. The molecule has 2 rings (SSSR count). The van der Waals surface area contributed by atoms with Crippen molar-refractivity contribution < 1.29 is 24.2 Å². The van der Waals surface area contributed by atoms with Gasteiger partial charge < -0.3 is 14.6 Å². The molecule has 0 aliphatic heterocycles. The second-order valence-electron chi connectivity index (χ2n) is 6.80. The summed E-state index contributed by atoms with van der Waals surface area (Å²) in [7, 11) is 0. The van der Waals surface area contributed by atoms with Crippen molar-refractivity contribution in [1.29, 1.82) is 0 Å². The third-order valence-electron chi connectivity index (χ3n) is 3.36. The number of carboxylic acid groups (broad SMARTS) is 1. The first-order valence-electron chi connectivity index (χ1n) is 8.08. The minimum atomic E-state index is -1.43. The Balaban J connectivity index is 2.25. The molecule has 1 atom stereocenters. The molecular formula is C20H21BrO5. The Morgan fingerprint density at radius 1 is 1.12 bits per heavy atom. The molecule has 0 bridgehead atoms. The molecule has 1 unspecified atom stereocenters. The van der Waals surface area contributed by atoms with Crippen LogP contribution in [-0.4, -0.2) is 22.6 Å². The van der Waals surface area contributed by atoms with E-state index in [2.05, 4.69) is 15.9 Å². The summed E-state index contributed by atoms with van der Waals surface area (Å²) in [5, 5.41) is 9.53. The topological polar surface area (TPSA) is 72.8 Å². The molecule has 138 valence electrons. The predicted octanol–water partition coefficient (Wildman–Crippen LogP) is 4.54. The Bertz CT molecular complexity index is 781. The third kappa shape index (κ3) is 5.88. The fourth-order valence-electron chi connectivity index (χ4n) is 2.32. The van der Waals surface area contributed by atoms with Gasteiger partial charge in [0.25, 0.3) is 0 Å². The van der Waals surface area contributed by atoms with Crippen LogP contribution < -0.4 is 4.74 Å². The molecular weight excluding hydrogens is 400 g/mol. The molecule has 0 heterocycles. The van der Waals surface area contributed by atoms with Gasteiger partial charge in [-0.25, -0.2) is 0 Å². The van der Waals surface area contributed by atoms with E-state index in [9.17, 15) is 14.7 Å². The summed E-state index contributed by atoms with van der Waals surface area (Å²) in [5.41, 5.74) is 0.504. The fourth-order valence-corrected chi connectivity index (χ4v) is 2.81. The van der Waals surface area contributed by atoms with Crippen molar-refractivity contribution >= 4 is 27.9 Å². The van der Waals surface area contributed by atoms with Crippen LogP contribution in [0.25, 0.3) is 0 Å². The summed E-state index contributed by atoms with van der Waals surface area (Å²) >= 11 is 3.34. The average Bonchev–Trinajstić information content (AvgIpc) is 2.51. The Morgan fingerprint density at radius 3 is 2.35 bits per heavy atom. The summed E-state index contributed by atoms with van der Waals surface area (Å²) < 4.78 is 11.6. The van der Waals surface area contributed by atoms with Gasteiger partial charge in [0, 0.05) is 4.47 Å². The van der Waals surface area contributed by atoms with Gasteiger partial charge in [0.2, 0.25) is 0 Å². The number of carboxylic acids is 1. The lowest BCUT2D eigenvalue weighted by atomic mass is 9.98. The molecule has 0 saturated carbocycles. The van der Waals surface area contributed by atoms with Gasteiger partial charge in [-0.2, -0.15) is 0 Å². The van der Waals surface area contributed by atoms with Gasteiger partial charge in [0.1, 0.15) is 18.0 Å². The number of ether oxygens (including phenoxy) is 2. The van der Waals surface area contributed by atoms with Crippen LogP contribution >= 0.6 is 15.9 Å². The number of hydrogen-bond donors (Lipinski definition) is 1. The van der Waals surface area contributed by atoms with E-state index in [0.717, 1.165) is 5.56 Å². The third-order valence-corrected chi connectivity index (χ3v) is 3.82. The SMILES string of the molecule is CC(C)(C)OC(=O)C(C(=O)O)c1cc(Br)cc(OCc2ccccc2)c1. The van der Waals surface area contributed by atoms with Gasteiger partial charge in [-0.1, -0.05) is 46.3 Å². The van der Waals surface area contributed by atoms with Gasteiger partial charge in [-0.15, -0.1) is 0 Å². The van der Waals surface area contributed by atoms with E-state index in [1.54, 1.807) is 39.0 Å². The average molecular weight is 421 g/mol. The summed E-state index contributed by atoms with van der Waals surface area (Å²) in [6, 6.07) is 14.5. The second kappa shape index (κ2) is 8.36. The largest absolute Gasteiger partial charge is 0.489 e. The van der Waals surface area contributed by atoms with Crippen LogP contribution in [-0.2, 0) is 20.9 Å². The smallest absolute Gasteiger partial charge is 0.325 e. The maximum Gasteiger partial charge on any atom is 0.325 e. The first-order valence-corrected chi connectivity index (χ1v) is 8.88. The van der Waals surface area contributed by atoms with Crippen LogP contribution in [0.3, 0.4) is 0 Å². The van der Waals surface area contributed by atoms with E-state index in [4.69, 9.17) is 9.47 Å². The van der Waals surface area contributed by atoms with Crippen LogP contribution in [0.1, 0.15) is 37.8 Å². The maximum absolute atomic E-state index is 12.3. The molecule has 0 saturated heterocycles. The first-order chi connectivity index (χ1) is 12.2. The first kappa shape index (κ1) is 20.0. The van der Waals surface area contributed by atoms with E-state index in [-0.39, 0.29) is 0 Å². The lowest BCUT2D eigenvalue weighted by Crippen LogP contribution is -2.31. The molecule has 6 heteroatoms. The molecule has 5 nitrogen and oxygen atoms in total. The number of carbonyl (C=O) groups excluding carboxylic acids is 1. The minimum absolute atomic E-state index is 0.296. The molecule has 0 amide bonds. The number of esters is 1. The van der Waals surface area contributed by atoms with Crippen LogP contribution in [0.5, 0.6) is 5.75 Å². The Hall–Kier alpha value is -2.34.